The molecule has 0 radical (unpaired) electrons. The first-order chi connectivity index (χ1) is 8.77. The summed E-state index contributed by atoms with van der Waals surface area (Å²) < 4.78 is 22.1. The second-order valence-corrected chi connectivity index (χ2v) is 5.48. The Balaban J connectivity index is 0.000000169. The lowest BCUT2D eigenvalue weighted by molar-refractivity contribution is 0.536. The summed E-state index contributed by atoms with van der Waals surface area (Å²) >= 11 is -1.02. The van der Waals surface area contributed by atoms with E-state index in [0.29, 0.717) is 0 Å². The van der Waals surface area contributed by atoms with Gasteiger partial charge in [0.1, 0.15) is 0 Å². The Bertz CT molecular complexity index is 578. The Labute approximate surface area is 111 Å². The highest BCUT2D eigenvalue weighted by Crippen LogP contribution is 2.22. The molecule has 3 rings (SSSR count). The van der Waals surface area contributed by atoms with Crippen LogP contribution in [-0.4, -0.2) is 13.7 Å². The average molecular weight is 276 g/mol. The van der Waals surface area contributed by atoms with Gasteiger partial charge in [-0.2, -0.15) is 0 Å². The molecule has 0 spiro atoms. The van der Waals surface area contributed by atoms with Gasteiger partial charge in [-0.25, -0.2) is 4.98 Å². The Kier molecular flexibility index (Phi) is 4.58. The largest absolute Gasteiger partial charge is 0.767 e. The number of para-hydroxylation sites is 1. The summed E-state index contributed by atoms with van der Waals surface area (Å²) in [5.74, 6) is 0. The van der Waals surface area contributed by atoms with Crippen LogP contribution in [0, 0.1) is 0 Å². The van der Waals surface area contributed by atoms with Crippen LogP contribution in [-0.2, 0) is 11.1 Å². The maximum Gasteiger partial charge on any atom is 0.168 e. The summed E-state index contributed by atoms with van der Waals surface area (Å²) in [4.78, 5) is 3.92. The third kappa shape index (κ3) is 3.46. The van der Waals surface area contributed by atoms with E-state index in [0.717, 1.165) is 10.2 Å². The summed E-state index contributed by atoms with van der Waals surface area (Å²) in [5, 5.41) is 0. The predicted molar refractivity (Wildman–Crippen MR) is 73.2 cm³/mol. The van der Waals surface area contributed by atoms with Crippen molar-refractivity contribution in [1.82, 2.24) is 4.98 Å². The Morgan fingerprint density at radius 2 is 1.50 bits per heavy atom. The van der Waals surface area contributed by atoms with Gasteiger partial charge in [0.05, 0.1) is 10.2 Å². The van der Waals surface area contributed by atoms with Crippen molar-refractivity contribution in [3.05, 3.63) is 60.7 Å². The van der Waals surface area contributed by atoms with Crippen LogP contribution in [0.1, 0.15) is 0 Å². The monoisotopic (exact) mass is 276 g/mol. The zero-order valence-electron chi connectivity index (χ0n) is 9.35. The van der Waals surface area contributed by atoms with Gasteiger partial charge in [-0.05, 0) is 12.1 Å². The zero-order valence-corrected chi connectivity index (χ0v) is 11.0. The number of thiazole rings is 1. The third-order valence-corrected chi connectivity index (χ3v) is 3.95. The van der Waals surface area contributed by atoms with Gasteiger partial charge in [0.2, 0.25) is 0 Å². The van der Waals surface area contributed by atoms with Crippen molar-refractivity contribution in [3.63, 3.8) is 0 Å². The Hall–Kier alpha value is -1.56. The minimum Gasteiger partial charge on any atom is -0.767 e. The molecule has 0 N–H and O–H groups in total. The van der Waals surface area contributed by atoms with Gasteiger partial charge in [0.15, 0.2) is 4.34 Å². The standard InChI is InChI=1S/C7H5NO2S2.C6H6/c9-12(10)7-8-5-3-1-2-4-6(5)11-7;1-2-4-6-5-3-1/h1-4H,(H,9,10);1-6H/p-1. The van der Waals surface area contributed by atoms with Gasteiger partial charge in [0, 0.05) is 11.1 Å². The summed E-state index contributed by atoms with van der Waals surface area (Å²) in [6.45, 7) is 0. The molecule has 0 aliphatic rings. The number of hydrogen-bond acceptors (Lipinski definition) is 4. The van der Waals surface area contributed by atoms with E-state index < -0.39 is 11.1 Å². The third-order valence-electron chi connectivity index (χ3n) is 2.08. The Morgan fingerprint density at radius 1 is 0.944 bits per heavy atom. The van der Waals surface area contributed by atoms with Crippen LogP contribution in [0.25, 0.3) is 10.2 Å². The van der Waals surface area contributed by atoms with Crippen molar-refractivity contribution in [2.45, 2.75) is 4.34 Å². The molecule has 92 valence electrons. The maximum atomic E-state index is 10.5. The normalized spacial score (nSPS) is 11.6. The molecule has 0 aliphatic carbocycles. The Morgan fingerprint density at radius 3 is 2.00 bits per heavy atom. The molecule has 2 aromatic carbocycles. The lowest BCUT2D eigenvalue weighted by Crippen LogP contribution is -1.84. The number of aromatic nitrogens is 1. The molecular formula is C13H10NO2S2-. The molecule has 1 aromatic heterocycles. The average Bonchev–Trinajstić information content (AvgIpc) is 2.85. The van der Waals surface area contributed by atoms with E-state index in [-0.39, 0.29) is 4.34 Å². The van der Waals surface area contributed by atoms with E-state index in [1.165, 1.54) is 11.3 Å². The van der Waals surface area contributed by atoms with E-state index in [9.17, 15) is 8.76 Å². The van der Waals surface area contributed by atoms with E-state index in [2.05, 4.69) is 4.98 Å². The van der Waals surface area contributed by atoms with Crippen molar-refractivity contribution in [1.29, 1.82) is 0 Å². The van der Waals surface area contributed by atoms with Crippen molar-refractivity contribution in [2.24, 2.45) is 0 Å². The number of hydrogen-bond donors (Lipinski definition) is 0. The van der Waals surface area contributed by atoms with Crippen LogP contribution < -0.4 is 0 Å². The molecule has 0 amide bonds. The molecule has 0 aliphatic heterocycles. The van der Waals surface area contributed by atoms with Crippen LogP contribution >= 0.6 is 11.3 Å². The van der Waals surface area contributed by atoms with Crippen LogP contribution in [0.3, 0.4) is 0 Å². The van der Waals surface area contributed by atoms with Gasteiger partial charge in [-0.3, -0.25) is 4.21 Å². The minimum atomic E-state index is -2.20. The fourth-order valence-corrected chi connectivity index (χ4v) is 2.72. The molecule has 0 saturated heterocycles. The van der Waals surface area contributed by atoms with E-state index in [4.69, 9.17) is 0 Å². The van der Waals surface area contributed by atoms with Gasteiger partial charge < -0.3 is 4.55 Å². The smallest absolute Gasteiger partial charge is 0.168 e. The minimum absolute atomic E-state index is 0.149. The first kappa shape index (κ1) is 12.9. The molecule has 1 unspecified atom stereocenters. The molecule has 3 nitrogen and oxygen atoms in total. The van der Waals surface area contributed by atoms with E-state index in [1.807, 2.05) is 54.6 Å². The highest BCUT2D eigenvalue weighted by Gasteiger charge is 2.01. The van der Waals surface area contributed by atoms with Crippen LogP contribution in [0.5, 0.6) is 0 Å². The number of nitrogens with zero attached hydrogens (tertiary/aromatic N) is 1. The number of fused-ring (bicyclic) bond motifs is 1. The van der Waals surface area contributed by atoms with Gasteiger partial charge >= 0.3 is 0 Å². The fraction of sp³-hybridized carbons (Fsp3) is 0. The lowest BCUT2D eigenvalue weighted by atomic mass is 10.3. The van der Waals surface area contributed by atoms with Crippen LogP contribution in [0.4, 0.5) is 0 Å². The SMILES string of the molecule is O=S([O-])c1nc2ccccc2s1.c1ccccc1. The predicted octanol–water partition coefficient (Wildman–Crippen LogP) is 3.22. The first-order valence-electron chi connectivity index (χ1n) is 5.22. The number of rotatable bonds is 1. The highest BCUT2D eigenvalue weighted by molar-refractivity contribution is 7.81. The molecule has 5 heteroatoms. The van der Waals surface area contributed by atoms with E-state index in [1.54, 1.807) is 6.07 Å². The molecule has 18 heavy (non-hydrogen) atoms. The topological polar surface area (TPSA) is 53.0 Å². The van der Waals surface area contributed by atoms with E-state index >= 15 is 0 Å². The van der Waals surface area contributed by atoms with Gasteiger partial charge in [-0.1, -0.05) is 48.5 Å². The molecule has 0 bridgehead atoms. The van der Waals surface area contributed by atoms with Crippen molar-refractivity contribution in [2.75, 3.05) is 0 Å². The van der Waals surface area contributed by atoms with Crippen LogP contribution in [0.15, 0.2) is 65.0 Å². The van der Waals surface area contributed by atoms with Crippen LogP contribution in [0.2, 0.25) is 0 Å². The molecule has 1 heterocycles. The van der Waals surface area contributed by atoms with Crippen molar-refractivity contribution >= 4 is 32.6 Å². The summed E-state index contributed by atoms with van der Waals surface area (Å²) in [6, 6.07) is 19.3. The molecule has 0 saturated carbocycles. The van der Waals surface area contributed by atoms with Crippen molar-refractivity contribution in [3.8, 4) is 0 Å². The fourth-order valence-electron chi connectivity index (χ4n) is 1.31. The molecular weight excluding hydrogens is 266 g/mol. The first-order valence-corrected chi connectivity index (χ1v) is 7.11. The van der Waals surface area contributed by atoms with Crippen molar-refractivity contribution < 1.29 is 8.76 Å². The summed E-state index contributed by atoms with van der Waals surface area (Å²) in [6.07, 6.45) is 0. The zero-order chi connectivity index (χ0) is 12.8. The molecule has 1 atom stereocenters. The lowest BCUT2D eigenvalue weighted by Gasteiger charge is -1.95. The maximum absolute atomic E-state index is 10.5. The highest BCUT2D eigenvalue weighted by atomic mass is 32.2. The molecule has 3 aromatic rings. The molecule has 0 fully saturated rings. The second kappa shape index (κ2) is 6.39. The van der Waals surface area contributed by atoms with Gasteiger partial charge in [-0.15, -0.1) is 11.3 Å². The summed E-state index contributed by atoms with van der Waals surface area (Å²) in [5.41, 5.74) is 0.738. The second-order valence-electron chi connectivity index (χ2n) is 3.34. The van der Waals surface area contributed by atoms with Gasteiger partial charge in [0.25, 0.3) is 0 Å². The number of benzene rings is 2. The quantitative estimate of drug-likeness (QED) is 0.641. The summed E-state index contributed by atoms with van der Waals surface area (Å²) in [7, 11) is 0.